The largest absolute Gasteiger partial charge is 0.496 e. The molecule has 180 valence electrons. The van der Waals surface area contributed by atoms with Crippen molar-refractivity contribution in [3.8, 4) is 5.75 Å². The first-order valence-electron chi connectivity index (χ1n) is 11.5. The van der Waals surface area contributed by atoms with Crippen molar-refractivity contribution in [3.63, 3.8) is 0 Å². The van der Waals surface area contributed by atoms with Crippen LogP contribution in [0, 0.1) is 0 Å². The summed E-state index contributed by atoms with van der Waals surface area (Å²) in [4.78, 5) is 17.4. The van der Waals surface area contributed by atoms with Gasteiger partial charge in [0.1, 0.15) is 5.75 Å². The van der Waals surface area contributed by atoms with Gasteiger partial charge in [0.2, 0.25) is 0 Å². The van der Waals surface area contributed by atoms with Crippen LogP contribution in [0.1, 0.15) is 22.3 Å². The lowest BCUT2D eigenvalue weighted by Crippen LogP contribution is -2.30. The number of para-hydroxylation sites is 3. The number of methoxy groups -OCH3 is 1. The van der Waals surface area contributed by atoms with Crippen molar-refractivity contribution in [2.75, 3.05) is 24.5 Å². The molecule has 0 aliphatic carbocycles. The molecule has 1 amide bonds. The van der Waals surface area contributed by atoms with E-state index >= 15 is 0 Å². The average molecular weight is 491 g/mol. The Morgan fingerprint density at radius 1 is 1.09 bits per heavy atom. The van der Waals surface area contributed by atoms with Crippen molar-refractivity contribution in [2.24, 2.45) is 0 Å². The van der Waals surface area contributed by atoms with Crippen LogP contribution in [0.25, 0.3) is 11.0 Å². The number of sulfonamides is 1. The van der Waals surface area contributed by atoms with E-state index in [9.17, 15) is 13.2 Å². The number of rotatable bonds is 8. The normalized spacial score (nSPS) is 13.1. The third-order valence-electron chi connectivity index (χ3n) is 6.24. The number of nitrogens with one attached hydrogen (secondary N) is 1. The second-order valence-corrected chi connectivity index (χ2v) is 10.2. The summed E-state index contributed by atoms with van der Waals surface area (Å²) in [7, 11) is -2.36. The van der Waals surface area contributed by atoms with E-state index in [4.69, 9.17) is 4.74 Å². The molecule has 0 spiro atoms. The maximum atomic E-state index is 13.4. The van der Waals surface area contributed by atoms with Crippen LogP contribution in [0.15, 0.2) is 78.0 Å². The first-order valence-corrected chi connectivity index (χ1v) is 12.9. The number of aromatic nitrogens is 2. The van der Waals surface area contributed by atoms with Gasteiger partial charge in [-0.3, -0.25) is 9.10 Å². The quantitative estimate of drug-likeness (QED) is 0.381. The zero-order chi connectivity index (χ0) is 24.4. The second-order valence-electron chi connectivity index (χ2n) is 8.35. The van der Waals surface area contributed by atoms with Crippen molar-refractivity contribution in [1.29, 1.82) is 0 Å². The first kappa shape index (κ1) is 22.9. The number of anilines is 1. The van der Waals surface area contributed by atoms with E-state index < -0.39 is 10.0 Å². The van der Waals surface area contributed by atoms with Gasteiger partial charge >= 0.3 is 0 Å². The zero-order valence-electron chi connectivity index (χ0n) is 19.3. The highest BCUT2D eigenvalue weighted by Gasteiger charge is 2.31. The number of carbonyl (C=O) groups excluding carboxylic acids is 1. The number of hydrogen-bond acceptors (Lipinski definition) is 5. The van der Waals surface area contributed by atoms with E-state index in [0.717, 1.165) is 16.6 Å². The van der Waals surface area contributed by atoms with Gasteiger partial charge in [-0.25, -0.2) is 13.4 Å². The molecule has 0 bridgehead atoms. The maximum Gasteiger partial charge on any atom is 0.264 e. The van der Waals surface area contributed by atoms with E-state index in [2.05, 4.69) is 10.3 Å². The summed E-state index contributed by atoms with van der Waals surface area (Å²) in [6, 6.07) is 19.8. The molecule has 0 unspecified atom stereocenters. The van der Waals surface area contributed by atoms with Crippen LogP contribution >= 0.6 is 0 Å². The number of hydrogen-bond donors (Lipinski definition) is 1. The van der Waals surface area contributed by atoms with Gasteiger partial charge in [-0.15, -0.1) is 0 Å². The van der Waals surface area contributed by atoms with Gasteiger partial charge in [-0.05, 0) is 54.8 Å². The summed E-state index contributed by atoms with van der Waals surface area (Å²) in [5, 5.41) is 2.89. The fourth-order valence-corrected chi connectivity index (χ4v) is 5.97. The lowest BCUT2D eigenvalue weighted by atomic mass is 10.2. The summed E-state index contributed by atoms with van der Waals surface area (Å²) in [5.41, 5.74) is 3.84. The van der Waals surface area contributed by atoms with Gasteiger partial charge in [0.25, 0.3) is 15.9 Å². The van der Waals surface area contributed by atoms with Gasteiger partial charge in [0.05, 0.1) is 40.6 Å². The standard InChI is InChI=1S/C26H26N4O4S/c1-34-25-12-11-20(35(32,33)30-16-13-19-7-2-4-9-23(19)30)17-21(25)26(31)27-14-6-15-29-18-28-22-8-3-5-10-24(22)29/h2-5,7-12,17-18H,6,13-16H2,1H3,(H,27,31). The highest BCUT2D eigenvalue weighted by molar-refractivity contribution is 7.92. The molecule has 0 fully saturated rings. The Labute approximate surface area is 204 Å². The van der Waals surface area contributed by atoms with Crippen LogP contribution in [0.5, 0.6) is 5.75 Å². The van der Waals surface area contributed by atoms with E-state index in [0.29, 0.717) is 43.9 Å². The van der Waals surface area contributed by atoms with Crippen molar-refractivity contribution in [2.45, 2.75) is 24.3 Å². The van der Waals surface area contributed by atoms with Crippen LogP contribution in [-0.4, -0.2) is 44.1 Å². The van der Waals surface area contributed by atoms with E-state index in [-0.39, 0.29) is 16.4 Å². The summed E-state index contributed by atoms with van der Waals surface area (Å²) in [6.45, 7) is 1.49. The second kappa shape index (κ2) is 9.42. The molecule has 8 nitrogen and oxygen atoms in total. The Hall–Kier alpha value is -3.85. The SMILES string of the molecule is COc1ccc(S(=O)(=O)N2CCc3ccccc32)cc1C(=O)NCCCn1cnc2ccccc21. The topological polar surface area (TPSA) is 93.5 Å². The van der Waals surface area contributed by atoms with Gasteiger partial charge in [0, 0.05) is 19.6 Å². The van der Waals surface area contributed by atoms with Crippen LogP contribution in [0.4, 0.5) is 5.69 Å². The third-order valence-corrected chi connectivity index (χ3v) is 8.05. The van der Waals surface area contributed by atoms with Crippen LogP contribution in [0.3, 0.4) is 0 Å². The molecule has 2 heterocycles. The Morgan fingerprint density at radius 3 is 2.74 bits per heavy atom. The molecular formula is C26H26N4O4S. The molecule has 4 aromatic rings. The minimum atomic E-state index is -3.82. The van der Waals surface area contributed by atoms with Crippen LogP contribution in [0.2, 0.25) is 0 Å². The Balaban J connectivity index is 1.30. The molecule has 1 aliphatic heterocycles. The van der Waals surface area contributed by atoms with Crippen molar-refractivity contribution in [1.82, 2.24) is 14.9 Å². The van der Waals surface area contributed by atoms with E-state index in [1.165, 1.54) is 29.6 Å². The fraction of sp³-hybridized carbons (Fsp3) is 0.231. The molecular weight excluding hydrogens is 464 g/mol. The molecule has 5 rings (SSSR count). The molecule has 3 aromatic carbocycles. The highest BCUT2D eigenvalue weighted by atomic mass is 32.2. The number of ether oxygens (including phenoxy) is 1. The highest BCUT2D eigenvalue weighted by Crippen LogP contribution is 2.33. The summed E-state index contributed by atoms with van der Waals surface area (Å²) >= 11 is 0. The first-order chi connectivity index (χ1) is 17.0. The smallest absolute Gasteiger partial charge is 0.264 e. The van der Waals surface area contributed by atoms with E-state index in [1.54, 1.807) is 12.4 Å². The number of nitrogens with zero attached hydrogens (tertiary/aromatic N) is 3. The van der Waals surface area contributed by atoms with Crippen LogP contribution < -0.4 is 14.4 Å². The molecule has 35 heavy (non-hydrogen) atoms. The van der Waals surface area contributed by atoms with Crippen LogP contribution in [-0.2, 0) is 23.0 Å². The zero-order valence-corrected chi connectivity index (χ0v) is 20.2. The minimum Gasteiger partial charge on any atom is -0.496 e. The number of amides is 1. The molecule has 1 aromatic heterocycles. The summed E-state index contributed by atoms with van der Waals surface area (Å²) in [5.74, 6) is -0.0555. The van der Waals surface area contributed by atoms with Crippen molar-refractivity contribution >= 4 is 32.7 Å². The number of benzene rings is 3. The Bertz CT molecular complexity index is 1500. The van der Waals surface area contributed by atoms with Gasteiger partial charge in [0.15, 0.2) is 0 Å². The van der Waals surface area contributed by atoms with Gasteiger partial charge in [-0.2, -0.15) is 0 Å². The van der Waals surface area contributed by atoms with Gasteiger partial charge < -0.3 is 14.6 Å². The number of aryl methyl sites for hydroxylation is 1. The predicted molar refractivity (Wildman–Crippen MR) is 134 cm³/mol. The molecule has 0 radical (unpaired) electrons. The summed E-state index contributed by atoms with van der Waals surface area (Å²) < 4.78 is 35.6. The minimum absolute atomic E-state index is 0.0602. The predicted octanol–water partition coefficient (Wildman–Crippen LogP) is 3.62. The molecule has 0 saturated carbocycles. The lowest BCUT2D eigenvalue weighted by Gasteiger charge is -2.20. The Kier molecular flexibility index (Phi) is 6.17. The lowest BCUT2D eigenvalue weighted by molar-refractivity contribution is 0.0949. The summed E-state index contributed by atoms with van der Waals surface area (Å²) in [6.07, 6.45) is 3.14. The van der Waals surface area contributed by atoms with Crippen molar-refractivity contribution < 1.29 is 17.9 Å². The number of imidazole rings is 1. The molecule has 1 aliphatic rings. The Morgan fingerprint density at radius 2 is 1.89 bits per heavy atom. The molecule has 0 atom stereocenters. The third kappa shape index (κ3) is 4.35. The van der Waals surface area contributed by atoms with Gasteiger partial charge in [-0.1, -0.05) is 30.3 Å². The van der Waals surface area contributed by atoms with E-state index in [1.807, 2.05) is 47.0 Å². The molecule has 9 heteroatoms. The van der Waals surface area contributed by atoms with Crippen molar-refractivity contribution in [3.05, 3.63) is 84.2 Å². The fourth-order valence-electron chi connectivity index (χ4n) is 4.44. The monoisotopic (exact) mass is 490 g/mol. The average Bonchev–Trinajstić information content (AvgIpc) is 3.51. The molecule has 1 N–H and O–H groups in total. The number of carbonyl (C=O) groups is 1. The number of fused-ring (bicyclic) bond motifs is 2. The molecule has 0 saturated heterocycles. The maximum absolute atomic E-state index is 13.4.